The van der Waals surface area contributed by atoms with E-state index in [4.69, 9.17) is 14.2 Å². The van der Waals surface area contributed by atoms with Crippen molar-refractivity contribution in [3.8, 4) is 17.2 Å². The summed E-state index contributed by atoms with van der Waals surface area (Å²) >= 11 is 0. The Morgan fingerprint density at radius 2 is 1.36 bits per heavy atom. The van der Waals surface area contributed by atoms with E-state index in [1.54, 1.807) is 48.5 Å². The molecule has 0 aliphatic carbocycles. The molecule has 0 heterocycles. The molecule has 0 atom stereocenters. The summed E-state index contributed by atoms with van der Waals surface area (Å²) < 4.78 is 16.0. The third-order valence-electron chi connectivity index (χ3n) is 4.94. The van der Waals surface area contributed by atoms with Gasteiger partial charge in [-0.1, -0.05) is 30.3 Å². The van der Waals surface area contributed by atoms with Gasteiger partial charge in [-0.05, 0) is 54.5 Å². The number of anilines is 2. The Morgan fingerprint density at radius 1 is 0.788 bits per heavy atom. The molecule has 0 saturated carbocycles. The van der Waals surface area contributed by atoms with Gasteiger partial charge in [0.15, 0.2) is 11.5 Å². The standard InChI is InChI=1S/C26H26N2O5/c1-17-9-5-6-10-19(17)26(30)28-21-12-8-7-11-20(21)27-24(29)14-13-18-15-22(31-2)25(33-4)23(16-18)32-3/h5-16H,1-4H3,(H,27,29)(H,28,30)/b14-13+. The van der Waals surface area contributed by atoms with Crippen LogP contribution in [0.4, 0.5) is 11.4 Å². The van der Waals surface area contributed by atoms with Crippen molar-refractivity contribution in [3.63, 3.8) is 0 Å². The minimum atomic E-state index is -0.360. The molecule has 0 bridgehead atoms. The lowest BCUT2D eigenvalue weighted by Crippen LogP contribution is -2.16. The van der Waals surface area contributed by atoms with Gasteiger partial charge in [0, 0.05) is 11.6 Å². The van der Waals surface area contributed by atoms with E-state index < -0.39 is 0 Å². The van der Waals surface area contributed by atoms with Crippen molar-refractivity contribution in [1.29, 1.82) is 0 Å². The van der Waals surface area contributed by atoms with Gasteiger partial charge in [-0.2, -0.15) is 0 Å². The first-order valence-corrected chi connectivity index (χ1v) is 10.2. The zero-order chi connectivity index (χ0) is 23.8. The van der Waals surface area contributed by atoms with Crippen molar-refractivity contribution in [2.24, 2.45) is 0 Å². The van der Waals surface area contributed by atoms with E-state index in [1.165, 1.54) is 27.4 Å². The molecule has 7 nitrogen and oxygen atoms in total. The maximum Gasteiger partial charge on any atom is 0.255 e. The number of nitrogens with one attached hydrogen (secondary N) is 2. The summed E-state index contributed by atoms with van der Waals surface area (Å²) in [6.45, 7) is 1.87. The van der Waals surface area contributed by atoms with Gasteiger partial charge in [-0.15, -0.1) is 0 Å². The Balaban J connectivity index is 1.76. The monoisotopic (exact) mass is 446 g/mol. The third-order valence-corrected chi connectivity index (χ3v) is 4.94. The van der Waals surface area contributed by atoms with Crippen LogP contribution in [0.3, 0.4) is 0 Å². The van der Waals surface area contributed by atoms with Gasteiger partial charge >= 0.3 is 0 Å². The van der Waals surface area contributed by atoms with Gasteiger partial charge in [0.05, 0.1) is 32.7 Å². The van der Waals surface area contributed by atoms with E-state index in [0.717, 1.165) is 5.56 Å². The lowest BCUT2D eigenvalue weighted by Gasteiger charge is -2.13. The number of amides is 2. The lowest BCUT2D eigenvalue weighted by atomic mass is 10.1. The Kier molecular flexibility index (Phi) is 7.70. The molecule has 0 saturated heterocycles. The first-order valence-electron chi connectivity index (χ1n) is 10.2. The maximum absolute atomic E-state index is 12.7. The van der Waals surface area contributed by atoms with E-state index in [9.17, 15) is 9.59 Å². The van der Waals surface area contributed by atoms with E-state index in [1.807, 2.05) is 25.1 Å². The first kappa shape index (κ1) is 23.4. The molecule has 3 rings (SSSR count). The first-order chi connectivity index (χ1) is 16.0. The number of carbonyl (C=O) groups is 2. The zero-order valence-corrected chi connectivity index (χ0v) is 19.0. The van der Waals surface area contributed by atoms with Crippen molar-refractivity contribution in [1.82, 2.24) is 0 Å². The Hall–Kier alpha value is -4.26. The molecule has 3 aromatic carbocycles. The van der Waals surface area contributed by atoms with Crippen molar-refractivity contribution in [2.45, 2.75) is 6.92 Å². The molecule has 0 spiro atoms. The average Bonchev–Trinajstić information content (AvgIpc) is 2.83. The van der Waals surface area contributed by atoms with Crippen LogP contribution >= 0.6 is 0 Å². The molecule has 0 aromatic heterocycles. The van der Waals surface area contributed by atoms with Crippen molar-refractivity contribution in [2.75, 3.05) is 32.0 Å². The van der Waals surface area contributed by atoms with Gasteiger partial charge in [0.2, 0.25) is 11.7 Å². The second-order valence-corrected chi connectivity index (χ2v) is 7.10. The highest BCUT2D eigenvalue weighted by molar-refractivity contribution is 6.09. The van der Waals surface area contributed by atoms with E-state index in [0.29, 0.717) is 39.8 Å². The van der Waals surface area contributed by atoms with Gasteiger partial charge in [-0.25, -0.2) is 0 Å². The highest BCUT2D eigenvalue weighted by Crippen LogP contribution is 2.38. The number of hydrogen-bond donors (Lipinski definition) is 2. The fraction of sp³-hybridized carbons (Fsp3) is 0.154. The van der Waals surface area contributed by atoms with Crippen LogP contribution in [0.1, 0.15) is 21.5 Å². The number of rotatable bonds is 8. The highest BCUT2D eigenvalue weighted by atomic mass is 16.5. The minimum Gasteiger partial charge on any atom is -0.493 e. The summed E-state index contributed by atoms with van der Waals surface area (Å²) in [4.78, 5) is 25.3. The molecule has 3 aromatic rings. The SMILES string of the molecule is COc1cc(/C=C/C(=O)Nc2ccccc2NC(=O)c2ccccc2C)cc(OC)c1OC. The summed E-state index contributed by atoms with van der Waals surface area (Å²) in [5.41, 5.74) is 3.12. The van der Waals surface area contributed by atoms with Crippen LogP contribution in [0.25, 0.3) is 6.08 Å². The summed E-state index contributed by atoms with van der Waals surface area (Å²) in [5.74, 6) is 0.839. The van der Waals surface area contributed by atoms with Crippen LogP contribution in [0, 0.1) is 6.92 Å². The summed E-state index contributed by atoms with van der Waals surface area (Å²) in [6, 6.07) is 17.8. The van der Waals surface area contributed by atoms with E-state index in [2.05, 4.69) is 10.6 Å². The number of hydrogen-bond acceptors (Lipinski definition) is 5. The van der Waals surface area contributed by atoms with Crippen molar-refractivity contribution in [3.05, 3.63) is 83.4 Å². The number of benzene rings is 3. The normalized spacial score (nSPS) is 10.5. The predicted molar refractivity (Wildman–Crippen MR) is 129 cm³/mol. The van der Waals surface area contributed by atoms with E-state index in [-0.39, 0.29) is 11.8 Å². The van der Waals surface area contributed by atoms with E-state index >= 15 is 0 Å². The molecule has 0 unspecified atom stereocenters. The number of para-hydroxylation sites is 2. The summed E-state index contributed by atoms with van der Waals surface area (Å²) in [7, 11) is 4.58. The molecule has 170 valence electrons. The highest BCUT2D eigenvalue weighted by Gasteiger charge is 2.13. The molecule has 0 aliphatic rings. The topological polar surface area (TPSA) is 85.9 Å². The maximum atomic E-state index is 12.7. The second kappa shape index (κ2) is 10.9. The van der Waals surface area contributed by atoms with Crippen LogP contribution in [-0.2, 0) is 4.79 Å². The number of methoxy groups -OCH3 is 3. The van der Waals surface area contributed by atoms with Gasteiger partial charge in [0.25, 0.3) is 5.91 Å². The summed E-state index contributed by atoms with van der Waals surface area (Å²) in [6.07, 6.45) is 3.02. The molecule has 2 N–H and O–H groups in total. The Morgan fingerprint density at radius 3 is 1.94 bits per heavy atom. The molecule has 2 amide bonds. The quantitative estimate of drug-likeness (QED) is 0.480. The van der Waals surface area contributed by atoms with Crippen LogP contribution in [0.2, 0.25) is 0 Å². The molecule has 0 radical (unpaired) electrons. The third kappa shape index (κ3) is 5.71. The largest absolute Gasteiger partial charge is 0.493 e. The van der Waals surface area contributed by atoms with Crippen molar-refractivity contribution >= 4 is 29.3 Å². The van der Waals surface area contributed by atoms with Crippen LogP contribution in [0.5, 0.6) is 17.2 Å². The number of aryl methyl sites for hydroxylation is 1. The van der Waals surface area contributed by atoms with Gasteiger partial charge in [0.1, 0.15) is 0 Å². The van der Waals surface area contributed by atoms with Crippen molar-refractivity contribution < 1.29 is 23.8 Å². The average molecular weight is 447 g/mol. The van der Waals surface area contributed by atoms with Crippen LogP contribution < -0.4 is 24.8 Å². The van der Waals surface area contributed by atoms with Crippen LogP contribution in [-0.4, -0.2) is 33.1 Å². The molecular formula is C26H26N2O5. The van der Waals surface area contributed by atoms with Gasteiger partial charge < -0.3 is 24.8 Å². The second-order valence-electron chi connectivity index (χ2n) is 7.10. The number of carbonyl (C=O) groups excluding carboxylic acids is 2. The summed E-state index contributed by atoms with van der Waals surface area (Å²) in [5, 5.41) is 5.67. The molecular weight excluding hydrogens is 420 g/mol. The van der Waals surface area contributed by atoms with Crippen LogP contribution in [0.15, 0.2) is 66.7 Å². The lowest BCUT2D eigenvalue weighted by molar-refractivity contribution is -0.111. The smallest absolute Gasteiger partial charge is 0.255 e. The molecule has 7 heteroatoms. The molecule has 0 fully saturated rings. The fourth-order valence-electron chi connectivity index (χ4n) is 3.26. The Bertz CT molecular complexity index is 1160. The van der Waals surface area contributed by atoms with Gasteiger partial charge in [-0.3, -0.25) is 9.59 Å². The number of ether oxygens (including phenoxy) is 3. The Labute approximate surface area is 193 Å². The molecule has 33 heavy (non-hydrogen) atoms. The predicted octanol–water partition coefficient (Wildman–Crippen LogP) is 4.93. The molecule has 0 aliphatic heterocycles. The minimum absolute atomic E-state index is 0.247. The fourth-order valence-corrected chi connectivity index (χ4v) is 3.26. The zero-order valence-electron chi connectivity index (χ0n) is 19.0.